The van der Waals surface area contributed by atoms with Crippen LogP contribution in [0, 0.1) is 13.8 Å². The van der Waals surface area contributed by atoms with Crippen molar-refractivity contribution in [1.29, 1.82) is 0 Å². The fraction of sp³-hybridized carbons (Fsp3) is 0.360. The Bertz CT molecular complexity index is 1010. The van der Waals surface area contributed by atoms with Crippen LogP contribution in [0.2, 0.25) is 0 Å². The Balaban J connectivity index is 1.29. The van der Waals surface area contributed by atoms with Crippen molar-refractivity contribution < 1.29 is 9.53 Å². The van der Waals surface area contributed by atoms with Crippen LogP contribution in [0.1, 0.15) is 24.0 Å². The van der Waals surface area contributed by atoms with Crippen LogP contribution < -0.4 is 9.64 Å². The molecule has 0 atom stereocenters. The first-order valence-electron chi connectivity index (χ1n) is 10.7. The zero-order valence-corrected chi connectivity index (χ0v) is 17.8. The average Bonchev–Trinajstić information content (AvgIpc) is 2.78. The summed E-state index contributed by atoms with van der Waals surface area (Å²) in [4.78, 5) is 21.8. The predicted molar refractivity (Wildman–Crippen MR) is 121 cm³/mol. The number of ether oxygens (including phenoxy) is 1. The number of hydrogen-bond acceptors (Lipinski definition) is 4. The highest BCUT2D eigenvalue weighted by atomic mass is 16.5. The minimum atomic E-state index is 0.213. The molecular formula is C25H29N3O2. The highest BCUT2D eigenvalue weighted by molar-refractivity contribution is 5.86. The van der Waals surface area contributed by atoms with E-state index in [-0.39, 0.29) is 5.91 Å². The van der Waals surface area contributed by atoms with Crippen LogP contribution in [-0.4, -0.2) is 48.6 Å². The topological polar surface area (TPSA) is 45.7 Å². The van der Waals surface area contributed by atoms with E-state index in [9.17, 15) is 4.79 Å². The summed E-state index contributed by atoms with van der Waals surface area (Å²) in [6, 6.07) is 18.2. The maximum atomic E-state index is 12.6. The molecule has 1 fully saturated rings. The van der Waals surface area contributed by atoms with E-state index in [4.69, 9.17) is 9.72 Å². The van der Waals surface area contributed by atoms with Crippen molar-refractivity contribution in [2.45, 2.75) is 26.7 Å². The van der Waals surface area contributed by atoms with Gasteiger partial charge in [0.25, 0.3) is 0 Å². The number of pyridine rings is 1. The minimum Gasteiger partial charge on any atom is -0.494 e. The molecule has 0 saturated carbocycles. The van der Waals surface area contributed by atoms with Gasteiger partial charge in [0.2, 0.25) is 5.91 Å². The number of nitrogens with zero attached hydrogens (tertiary/aromatic N) is 3. The van der Waals surface area contributed by atoms with Gasteiger partial charge in [0.05, 0.1) is 12.1 Å². The summed E-state index contributed by atoms with van der Waals surface area (Å²) in [6.45, 7) is 7.93. The van der Waals surface area contributed by atoms with Gasteiger partial charge in [-0.3, -0.25) is 4.79 Å². The lowest BCUT2D eigenvalue weighted by molar-refractivity contribution is -0.131. The molecular weight excluding hydrogens is 374 g/mol. The molecule has 5 heteroatoms. The van der Waals surface area contributed by atoms with E-state index in [1.165, 1.54) is 16.5 Å². The molecule has 1 aliphatic heterocycles. The SMILES string of the molecule is Cc1cc(N2CCN(C(=O)CCCOc3ccccc3)CC2)nc2c(C)cccc12. The number of carbonyl (C=O) groups excluding carboxylic acids is 1. The fourth-order valence-corrected chi connectivity index (χ4v) is 3.98. The molecule has 1 amide bonds. The van der Waals surface area contributed by atoms with E-state index in [0.717, 1.165) is 49.7 Å². The standard InChI is InChI=1S/C25H29N3O2/c1-19-8-6-11-22-20(2)18-23(26-25(19)22)27-13-15-28(16-14-27)24(29)12-7-17-30-21-9-4-3-5-10-21/h3-6,8-11,18H,7,12-17H2,1-2H3. The summed E-state index contributed by atoms with van der Waals surface area (Å²) in [5.41, 5.74) is 3.52. The number of carbonyl (C=O) groups is 1. The highest BCUT2D eigenvalue weighted by Gasteiger charge is 2.22. The van der Waals surface area contributed by atoms with Crippen molar-refractivity contribution in [2.75, 3.05) is 37.7 Å². The van der Waals surface area contributed by atoms with Crippen LogP contribution in [0.15, 0.2) is 54.6 Å². The van der Waals surface area contributed by atoms with E-state index in [2.05, 4.69) is 43.0 Å². The second-order valence-electron chi connectivity index (χ2n) is 7.90. The molecule has 4 rings (SSSR count). The van der Waals surface area contributed by atoms with Crippen LogP contribution >= 0.6 is 0 Å². The Hall–Kier alpha value is -3.08. The quantitative estimate of drug-likeness (QED) is 0.574. The number of fused-ring (bicyclic) bond motifs is 1. The van der Waals surface area contributed by atoms with Crippen LogP contribution in [-0.2, 0) is 4.79 Å². The molecule has 30 heavy (non-hydrogen) atoms. The van der Waals surface area contributed by atoms with Crippen molar-refractivity contribution in [3.63, 3.8) is 0 Å². The first-order chi connectivity index (χ1) is 14.6. The summed E-state index contributed by atoms with van der Waals surface area (Å²) < 4.78 is 5.69. The molecule has 0 aliphatic carbocycles. The van der Waals surface area contributed by atoms with Gasteiger partial charge in [-0.25, -0.2) is 4.98 Å². The first-order valence-corrected chi connectivity index (χ1v) is 10.7. The summed E-state index contributed by atoms with van der Waals surface area (Å²) in [5.74, 6) is 2.08. The zero-order chi connectivity index (χ0) is 20.9. The third kappa shape index (κ3) is 4.56. The number of benzene rings is 2. The van der Waals surface area contributed by atoms with E-state index in [1.807, 2.05) is 35.2 Å². The number of anilines is 1. The smallest absolute Gasteiger partial charge is 0.222 e. The molecule has 0 spiro atoms. The number of hydrogen-bond donors (Lipinski definition) is 0. The lowest BCUT2D eigenvalue weighted by Gasteiger charge is -2.35. The molecule has 5 nitrogen and oxygen atoms in total. The molecule has 2 heterocycles. The van der Waals surface area contributed by atoms with Crippen LogP contribution in [0.25, 0.3) is 10.9 Å². The third-order valence-corrected chi connectivity index (χ3v) is 5.74. The van der Waals surface area contributed by atoms with Gasteiger partial charge in [-0.05, 0) is 49.6 Å². The molecule has 156 valence electrons. The minimum absolute atomic E-state index is 0.213. The molecule has 1 aromatic heterocycles. The Kier molecular flexibility index (Phi) is 6.17. The van der Waals surface area contributed by atoms with Gasteiger partial charge in [0, 0.05) is 38.0 Å². The van der Waals surface area contributed by atoms with Gasteiger partial charge in [0.1, 0.15) is 11.6 Å². The zero-order valence-electron chi connectivity index (χ0n) is 17.8. The van der Waals surface area contributed by atoms with E-state index < -0.39 is 0 Å². The van der Waals surface area contributed by atoms with Gasteiger partial charge in [-0.1, -0.05) is 36.4 Å². The van der Waals surface area contributed by atoms with Crippen molar-refractivity contribution in [3.8, 4) is 5.75 Å². The lowest BCUT2D eigenvalue weighted by Crippen LogP contribution is -2.49. The normalized spacial score (nSPS) is 14.2. The number of aryl methyl sites for hydroxylation is 2. The van der Waals surface area contributed by atoms with Crippen LogP contribution in [0.4, 0.5) is 5.82 Å². The first kappa shape index (κ1) is 20.2. The monoisotopic (exact) mass is 403 g/mol. The predicted octanol–water partition coefficient (Wildman–Crippen LogP) is 4.36. The number of rotatable bonds is 6. The summed E-state index contributed by atoms with van der Waals surface area (Å²) in [6.07, 6.45) is 1.26. The molecule has 0 radical (unpaired) electrons. The molecule has 0 unspecified atom stereocenters. The van der Waals surface area contributed by atoms with Crippen molar-refractivity contribution in [2.24, 2.45) is 0 Å². The van der Waals surface area contributed by atoms with Gasteiger partial charge >= 0.3 is 0 Å². The summed E-state index contributed by atoms with van der Waals surface area (Å²) in [7, 11) is 0. The second-order valence-corrected chi connectivity index (χ2v) is 7.90. The maximum Gasteiger partial charge on any atom is 0.222 e. The van der Waals surface area contributed by atoms with Gasteiger partial charge in [-0.15, -0.1) is 0 Å². The molecule has 3 aromatic rings. The Morgan fingerprint density at radius 2 is 1.73 bits per heavy atom. The van der Waals surface area contributed by atoms with Crippen LogP contribution in [0.3, 0.4) is 0 Å². The molecule has 2 aromatic carbocycles. The largest absolute Gasteiger partial charge is 0.494 e. The summed E-state index contributed by atoms with van der Waals surface area (Å²) in [5, 5.41) is 1.21. The highest BCUT2D eigenvalue weighted by Crippen LogP contribution is 2.25. The summed E-state index contributed by atoms with van der Waals surface area (Å²) >= 11 is 0. The van der Waals surface area contributed by atoms with Crippen molar-refractivity contribution in [1.82, 2.24) is 9.88 Å². The van der Waals surface area contributed by atoms with E-state index in [1.54, 1.807) is 0 Å². The number of aromatic nitrogens is 1. The van der Waals surface area contributed by atoms with Crippen molar-refractivity contribution >= 4 is 22.6 Å². The Morgan fingerprint density at radius 1 is 0.967 bits per heavy atom. The Labute approximate surface area is 178 Å². The molecule has 0 bridgehead atoms. The van der Waals surface area contributed by atoms with Gasteiger partial charge in [-0.2, -0.15) is 0 Å². The van der Waals surface area contributed by atoms with E-state index >= 15 is 0 Å². The molecule has 0 N–H and O–H groups in total. The number of amides is 1. The Morgan fingerprint density at radius 3 is 2.50 bits per heavy atom. The fourth-order valence-electron chi connectivity index (χ4n) is 3.98. The number of piperazine rings is 1. The molecule has 1 saturated heterocycles. The third-order valence-electron chi connectivity index (χ3n) is 5.74. The average molecular weight is 404 g/mol. The van der Waals surface area contributed by atoms with E-state index in [0.29, 0.717) is 13.0 Å². The van der Waals surface area contributed by atoms with Gasteiger partial charge in [0.15, 0.2) is 0 Å². The maximum absolute atomic E-state index is 12.6. The van der Waals surface area contributed by atoms with Crippen molar-refractivity contribution in [3.05, 3.63) is 65.7 Å². The molecule has 1 aliphatic rings. The number of para-hydroxylation sites is 2. The van der Waals surface area contributed by atoms with Crippen LogP contribution in [0.5, 0.6) is 5.75 Å². The van der Waals surface area contributed by atoms with Gasteiger partial charge < -0.3 is 14.5 Å². The lowest BCUT2D eigenvalue weighted by atomic mass is 10.1. The second kappa shape index (κ2) is 9.16.